The number of aromatic nitrogens is 2. The first-order chi connectivity index (χ1) is 12.2. The lowest BCUT2D eigenvalue weighted by atomic mass is 9.84. The number of hydrogen-bond acceptors (Lipinski definition) is 5. The molecule has 1 aromatic heterocycles. The molecule has 4 rings (SSSR count). The maximum atomic E-state index is 12.6. The van der Waals surface area contributed by atoms with E-state index in [1.54, 1.807) is 18.6 Å². The van der Waals surface area contributed by atoms with Gasteiger partial charge in [-0.3, -0.25) is 9.97 Å². The molecule has 2 aliphatic rings. The molecule has 0 radical (unpaired) electrons. The van der Waals surface area contributed by atoms with Crippen molar-refractivity contribution in [3.05, 3.63) is 60.2 Å². The lowest BCUT2D eigenvalue weighted by molar-refractivity contribution is -0.0566. The smallest absolute Gasteiger partial charge is 0.410 e. The molecule has 2 saturated heterocycles. The van der Waals surface area contributed by atoms with Gasteiger partial charge in [-0.1, -0.05) is 30.3 Å². The number of fused-ring (bicyclic) bond motifs is 2. The van der Waals surface area contributed by atoms with E-state index in [1.807, 2.05) is 35.2 Å². The van der Waals surface area contributed by atoms with Crippen LogP contribution in [0.2, 0.25) is 0 Å². The number of nitrogens with zero attached hydrogens (tertiary/aromatic N) is 3. The van der Waals surface area contributed by atoms with Crippen LogP contribution in [0.5, 0.6) is 0 Å². The van der Waals surface area contributed by atoms with Gasteiger partial charge in [0.2, 0.25) is 0 Å². The number of carbonyl (C=O) groups is 1. The molecule has 2 unspecified atom stereocenters. The molecule has 6 heteroatoms. The highest BCUT2D eigenvalue weighted by Crippen LogP contribution is 2.45. The monoisotopic (exact) mass is 339 g/mol. The van der Waals surface area contributed by atoms with Crippen molar-refractivity contribution in [2.75, 3.05) is 0 Å². The molecule has 2 aliphatic heterocycles. The number of rotatable bonds is 3. The Bertz CT molecular complexity index is 724. The van der Waals surface area contributed by atoms with Crippen molar-refractivity contribution in [1.29, 1.82) is 0 Å². The van der Waals surface area contributed by atoms with E-state index < -0.39 is 5.60 Å². The van der Waals surface area contributed by atoms with Gasteiger partial charge >= 0.3 is 6.09 Å². The van der Waals surface area contributed by atoms with Gasteiger partial charge in [0.25, 0.3) is 0 Å². The van der Waals surface area contributed by atoms with Crippen molar-refractivity contribution in [2.24, 2.45) is 0 Å². The molecule has 2 atom stereocenters. The third kappa shape index (κ3) is 3.09. The Morgan fingerprint density at radius 2 is 1.92 bits per heavy atom. The summed E-state index contributed by atoms with van der Waals surface area (Å²) in [4.78, 5) is 22.7. The first-order valence-electron chi connectivity index (χ1n) is 8.64. The number of ether oxygens (including phenoxy) is 1. The minimum absolute atomic E-state index is 0.0194. The second-order valence-electron chi connectivity index (χ2n) is 6.86. The van der Waals surface area contributed by atoms with Gasteiger partial charge in [0.1, 0.15) is 12.2 Å². The van der Waals surface area contributed by atoms with E-state index in [4.69, 9.17) is 4.74 Å². The van der Waals surface area contributed by atoms with Crippen LogP contribution in [0.4, 0.5) is 4.79 Å². The number of piperidine rings is 1. The van der Waals surface area contributed by atoms with Gasteiger partial charge in [0, 0.05) is 37.3 Å². The molecule has 25 heavy (non-hydrogen) atoms. The molecule has 2 aromatic rings. The summed E-state index contributed by atoms with van der Waals surface area (Å²) in [5, 5.41) is 11.0. The summed E-state index contributed by atoms with van der Waals surface area (Å²) in [6.07, 6.45) is 7.22. The lowest BCUT2D eigenvalue weighted by Gasteiger charge is -2.42. The van der Waals surface area contributed by atoms with Crippen LogP contribution in [-0.4, -0.2) is 38.2 Å². The molecule has 0 aliphatic carbocycles. The first-order valence-corrected chi connectivity index (χ1v) is 8.64. The van der Waals surface area contributed by atoms with E-state index in [2.05, 4.69) is 9.97 Å². The number of hydrogen-bond donors (Lipinski definition) is 1. The Morgan fingerprint density at radius 3 is 2.56 bits per heavy atom. The van der Waals surface area contributed by atoms with Crippen LogP contribution >= 0.6 is 0 Å². The number of amides is 1. The van der Waals surface area contributed by atoms with Crippen LogP contribution < -0.4 is 0 Å². The van der Waals surface area contributed by atoms with E-state index in [0.717, 1.165) is 18.4 Å². The molecular formula is C19H21N3O3. The van der Waals surface area contributed by atoms with Crippen molar-refractivity contribution >= 4 is 6.09 Å². The molecule has 6 nitrogen and oxygen atoms in total. The van der Waals surface area contributed by atoms with Crippen LogP contribution in [0.3, 0.4) is 0 Å². The van der Waals surface area contributed by atoms with Crippen LogP contribution in [-0.2, 0) is 16.9 Å². The predicted molar refractivity (Wildman–Crippen MR) is 90.4 cm³/mol. The highest BCUT2D eigenvalue weighted by Gasteiger charge is 2.51. The molecule has 3 heterocycles. The molecule has 130 valence electrons. The summed E-state index contributed by atoms with van der Waals surface area (Å²) < 4.78 is 5.50. The zero-order valence-electron chi connectivity index (χ0n) is 13.9. The van der Waals surface area contributed by atoms with Crippen LogP contribution in [0.15, 0.2) is 48.9 Å². The van der Waals surface area contributed by atoms with Gasteiger partial charge in [0.15, 0.2) is 0 Å². The molecule has 1 aromatic carbocycles. The fourth-order valence-corrected chi connectivity index (χ4v) is 4.07. The first kappa shape index (κ1) is 16.0. The van der Waals surface area contributed by atoms with Gasteiger partial charge in [-0.15, -0.1) is 0 Å². The lowest BCUT2D eigenvalue weighted by Crippen LogP contribution is -2.52. The van der Waals surface area contributed by atoms with Gasteiger partial charge in [-0.05, 0) is 18.4 Å². The quantitative estimate of drug-likeness (QED) is 0.930. The minimum Gasteiger partial charge on any atom is -0.445 e. The molecule has 0 spiro atoms. The SMILES string of the molecule is O=C(OCc1ccccc1)N1C2CCC1CC(O)(c1cnccn1)C2. The third-order valence-electron chi connectivity index (χ3n) is 5.22. The Hall–Kier alpha value is -2.47. The molecule has 0 saturated carbocycles. The molecule has 2 bridgehead atoms. The Labute approximate surface area is 146 Å². The summed E-state index contributed by atoms with van der Waals surface area (Å²) in [5.74, 6) is 0. The zero-order valence-corrected chi connectivity index (χ0v) is 13.9. The van der Waals surface area contributed by atoms with Crippen molar-refractivity contribution in [3.63, 3.8) is 0 Å². The Balaban J connectivity index is 1.44. The van der Waals surface area contributed by atoms with Crippen molar-refractivity contribution in [1.82, 2.24) is 14.9 Å². The van der Waals surface area contributed by atoms with E-state index in [0.29, 0.717) is 18.5 Å². The average molecular weight is 339 g/mol. The fourth-order valence-electron chi connectivity index (χ4n) is 4.07. The molecule has 1 N–H and O–H groups in total. The third-order valence-corrected chi connectivity index (χ3v) is 5.22. The van der Waals surface area contributed by atoms with E-state index in [1.165, 1.54) is 0 Å². The van der Waals surface area contributed by atoms with Crippen LogP contribution in [0.25, 0.3) is 0 Å². The van der Waals surface area contributed by atoms with Crippen molar-refractivity contribution in [3.8, 4) is 0 Å². The topological polar surface area (TPSA) is 75.5 Å². The summed E-state index contributed by atoms with van der Waals surface area (Å²) >= 11 is 0. The summed E-state index contributed by atoms with van der Waals surface area (Å²) in [6, 6.07) is 9.62. The van der Waals surface area contributed by atoms with Gasteiger partial charge < -0.3 is 14.7 Å². The van der Waals surface area contributed by atoms with E-state index >= 15 is 0 Å². The molecule has 2 fully saturated rings. The summed E-state index contributed by atoms with van der Waals surface area (Å²) in [7, 11) is 0. The molecule has 1 amide bonds. The van der Waals surface area contributed by atoms with E-state index in [-0.39, 0.29) is 24.8 Å². The Morgan fingerprint density at radius 1 is 1.20 bits per heavy atom. The predicted octanol–water partition coefficient (Wildman–Crippen LogP) is 2.63. The van der Waals surface area contributed by atoms with E-state index in [9.17, 15) is 9.90 Å². The summed E-state index contributed by atoms with van der Waals surface area (Å²) in [6.45, 7) is 0.268. The maximum Gasteiger partial charge on any atom is 0.410 e. The number of aliphatic hydroxyl groups is 1. The van der Waals surface area contributed by atoms with Crippen molar-refractivity contribution < 1.29 is 14.6 Å². The second-order valence-corrected chi connectivity index (χ2v) is 6.86. The standard InChI is InChI=1S/C19H21N3O3/c23-18(25-13-14-4-2-1-3-5-14)22-15-6-7-16(22)11-19(24,10-15)17-12-20-8-9-21-17/h1-5,8-9,12,15-16,24H,6-7,10-11,13H2. The summed E-state index contributed by atoms with van der Waals surface area (Å²) in [5.41, 5.74) is 0.538. The largest absolute Gasteiger partial charge is 0.445 e. The highest BCUT2D eigenvalue weighted by atomic mass is 16.6. The van der Waals surface area contributed by atoms with Gasteiger partial charge in [-0.2, -0.15) is 0 Å². The number of carbonyl (C=O) groups excluding carboxylic acids is 1. The fraction of sp³-hybridized carbons (Fsp3) is 0.421. The van der Waals surface area contributed by atoms with Gasteiger partial charge in [0.05, 0.1) is 11.9 Å². The van der Waals surface area contributed by atoms with Crippen LogP contribution in [0, 0.1) is 0 Å². The normalized spacial score (nSPS) is 28.0. The van der Waals surface area contributed by atoms with Gasteiger partial charge in [-0.25, -0.2) is 4.79 Å². The number of benzene rings is 1. The highest BCUT2D eigenvalue weighted by molar-refractivity contribution is 5.69. The van der Waals surface area contributed by atoms with Crippen LogP contribution in [0.1, 0.15) is 36.9 Å². The Kier molecular flexibility index (Phi) is 4.13. The maximum absolute atomic E-state index is 12.6. The average Bonchev–Trinajstić information content (AvgIpc) is 2.93. The second kappa shape index (κ2) is 6.44. The molecular weight excluding hydrogens is 318 g/mol. The minimum atomic E-state index is -1.02. The zero-order chi connectivity index (χ0) is 17.3. The van der Waals surface area contributed by atoms with Crippen molar-refractivity contribution in [2.45, 2.75) is 50.0 Å².